The third-order valence-electron chi connectivity index (χ3n) is 5.72. The first kappa shape index (κ1) is 23.3. The lowest BCUT2D eigenvalue weighted by atomic mass is 9.88. The summed E-state index contributed by atoms with van der Waals surface area (Å²) >= 11 is 0. The highest BCUT2D eigenvalue weighted by Gasteiger charge is 2.39. The second-order valence-electron chi connectivity index (χ2n) is 8.78. The lowest BCUT2D eigenvalue weighted by Gasteiger charge is -2.41. The van der Waals surface area contributed by atoms with Crippen molar-refractivity contribution < 1.29 is 17.6 Å². The summed E-state index contributed by atoms with van der Waals surface area (Å²) in [4.78, 5) is 19.0. The molecule has 0 unspecified atom stereocenters. The summed E-state index contributed by atoms with van der Waals surface area (Å²) in [6.07, 6.45) is 1.49. The van der Waals surface area contributed by atoms with E-state index in [-0.39, 0.29) is 18.4 Å². The van der Waals surface area contributed by atoms with Crippen molar-refractivity contribution in [2.45, 2.75) is 58.2 Å². The molecule has 31 heavy (non-hydrogen) atoms. The van der Waals surface area contributed by atoms with Crippen molar-refractivity contribution in [1.29, 1.82) is 0 Å². The van der Waals surface area contributed by atoms with Gasteiger partial charge in [0.25, 0.3) is 0 Å². The summed E-state index contributed by atoms with van der Waals surface area (Å²) < 4.78 is 41.9. The van der Waals surface area contributed by atoms with E-state index in [0.717, 1.165) is 11.3 Å². The van der Waals surface area contributed by atoms with Gasteiger partial charge in [-0.15, -0.1) is 0 Å². The zero-order valence-electron chi connectivity index (χ0n) is 18.6. The molecule has 168 valence electrons. The third kappa shape index (κ3) is 5.30. The first-order valence-electron chi connectivity index (χ1n) is 10.5. The van der Waals surface area contributed by atoms with E-state index >= 15 is 0 Å². The number of sulfonamides is 1. The third-order valence-corrected chi connectivity index (χ3v) is 7.41. The van der Waals surface area contributed by atoms with Gasteiger partial charge < -0.3 is 0 Å². The van der Waals surface area contributed by atoms with Gasteiger partial charge in [-0.2, -0.15) is 0 Å². The van der Waals surface area contributed by atoms with Crippen LogP contribution < -0.4 is 4.72 Å². The number of aromatic nitrogens is 1. The van der Waals surface area contributed by atoms with E-state index in [1.54, 1.807) is 12.3 Å². The van der Waals surface area contributed by atoms with E-state index in [1.165, 1.54) is 12.1 Å². The normalized spacial score (nSPS) is 15.4. The number of rotatable bonds is 7. The molecule has 0 spiro atoms. The quantitative estimate of drug-likeness (QED) is 0.704. The number of nitrogens with zero attached hydrogens (tertiary/aromatic N) is 2. The van der Waals surface area contributed by atoms with Gasteiger partial charge in [0.1, 0.15) is 11.1 Å². The number of aryl methyl sites for hydroxylation is 1. The van der Waals surface area contributed by atoms with Gasteiger partial charge in [0.05, 0.1) is 6.42 Å². The zero-order valence-corrected chi connectivity index (χ0v) is 19.5. The molecule has 8 heteroatoms. The number of halogens is 1. The number of likely N-dealkylation sites (tertiary alicyclic amines) is 1. The molecule has 0 aliphatic carbocycles. The molecule has 1 aromatic heterocycles. The molecule has 1 saturated heterocycles. The monoisotopic (exact) mass is 447 g/mol. The van der Waals surface area contributed by atoms with Crippen molar-refractivity contribution >= 4 is 15.9 Å². The summed E-state index contributed by atoms with van der Waals surface area (Å²) in [7, 11) is -3.76. The molecule has 3 rings (SSSR count). The first-order valence-corrected chi connectivity index (χ1v) is 12.1. The van der Waals surface area contributed by atoms with Crippen LogP contribution in [0.1, 0.15) is 50.4 Å². The Bertz CT molecular complexity index is 1080. The standard InChI is InChI=1S/C23H30FN3O3S/c1-14(2)20-9-18(24)10-21(17-6-7-25-16(5)8-17)22(20)11-23(28)26-31(29,30)19-12-27(13-19)15(3)4/h6-10,14-15,19H,11-13H2,1-5H3,(H,26,28). The predicted octanol–water partition coefficient (Wildman–Crippen LogP) is 3.40. The highest BCUT2D eigenvalue weighted by Crippen LogP contribution is 2.32. The molecule has 1 aromatic carbocycles. The van der Waals surface area contributed by atoms with E-state index in [0.29, 0.717) is 29.8 Å². The SMILES string of the molecule is Cc1cc(-c2cc(F)cc(C(C)C)c2CC(=O)NS(=O)(=O)C2CN(C(C)C)C2)ccn1. The Morgan fingerprint density at radius 2 is 1.90 bits per heavy atom. The van der Waals surface area contributed by atoms with Crippen molar-refractivity contribution in [1.82, 2.24) is 14.6 Å². The van der Waals surface area contributed by atoms with Crippen LogP contribution in [0.5, 0.6) is 0 Å². The van der Waals surface area contributed by atoms with E-state index in [4.69, 9.17) is 0 Å². The second-order valence-corrected chi connectivity index (χ2v) is 10.7. The van der Waals surface area contributed by atoms with Gasteiger partial charge in [-0.05, 0) is 73.2 Å². The predicted molar refractivity (Wildman–Crippen MR) is 120 cm³/mol. The van der Waals surface area contributed by atoms with Crippen LogP contribution >= 0.6 is 0 Å². The molecule has 1 aliphatic rings. The Morgan fingerprint density at radius 1 is 1.23 bits per heavy atom. The number of amides is 1. The summed E-state index contributed by atoms with van der Waals surface area (Å²) in [5.41, 5.74) is 3.41. The largest absolute Gasteiger partial charge is 0.298 e. The number of carbonyl (C=O) groups is 1. The van der Waals surface area contributed by atoms with Crippen molar-refractivity contribution in [2.75, 3.05) is 13.1 Å². The molecule has 2 aromatic rings. The fraction of sp³-hybridized carbons (Fsp3) is 0.478. The molecular formula is C23H30FN3O3S. The maximum atomic E-state index is 14.4. The number of hydrogen-bond acceptors (Lipinski definition) is 5. The van der Waals surface area contributed by atoms with Gasteiger partial charge in [0.2, 0.25) is 15.9 Å². The maximum absolute atomic E-state index is 14.4. The number of benzene rings is 1. The maximum Gasteiger partial charge on any atom is 0.240 e. The summed E-state index contributed by atoms with van der Waals surface area (Å²) in [6, 6.07) is 6.67. The Labute approximate surface area is 183 Å². The van der Waals surface area contributed by atoms with Crippen molar-refractivity contribution in [3.8, 4) is 11.1 Å². The van der Waals surface area contributed by atoms with Crippen molar-refractivity contribution in [3.05, 3.63) is 53.1 Å². The van der Waals surface area contributed by atoms with Gasteiger partial charge in [0.15, 0.2) is 0 Å². The molecule has 0 atom stereocenters. The van der Waals surface area contributed by atoms with Crippen molar-refractivity contribution in [3.63, 3.8) is 0 Å². The summed E-state index contributed by atoms with van der Waals surface area (Å²) in [5.74, 6) is -1.04. The lowest BCUT2D eigenvalue weighted by Crippen LogP contribution is -2.60. The number of carbonyl (C=O) groups excluding carboxylic acids is 1. The van der Waals surface area contributed by atoms with Crippen LogP contribution in [0, 0.1) is 12.7 Å². The minimum absolute atomic E-state index is 0.0389. The van der Waals surface area contributed by atoms with Gasteiger partial charge in [0, 0.05) is 31.0 Å². The van der Waals surface area contributed by atoms with Crippen molar-refractivity contribution in [2.24, 2.45) is 0 Å². The Hall–Kier alpha value is -2.32. The van der Waals surface area contributed by atoms with Gasteiger partial charge >= 0.3 is 0 Å². The molecular weight excluding hydrogens is 417 g/mol. The molecule has 0 bridgehead atoms. The van der Waals surface area contributed by atoms with E-state index in [1.807, 2.05) is 45.6 Å². The number of hydrogen-bond donors (Lipinski definition) is 1. The average molecular weight is 448 g/mol. The molecule has 2 heterocycles. The topological polar surface area (TPSA) is 79.4 Å². The Morgan fingerprint density at radius 3 is 2.48 bits per heavy atom. The minimum Gasteiger partial charge on any atom is -0.298 e. The summed E-state index contributed by atoms with van der Waals surface area (Å²) in [5, 5.41) is -0.598. The van der Waals surface area contributed by atoms with Crippen LogP contribution in [0.4, 0.5) is 4.39 Å². The lowest BCUT2D eigenvalue weighted by molar-refractivity contribution is -0.118. The average Bonchev–Trinajstić information content (AvgIpc) is 2.60. The molecule has 0 saturated carbocycles. The van der Waals surface area contributed by atoms with E-state index in [2.05, 4.69) is 9.71 Å². The minimum atomic E-state index is -3.76. The van der Waals surface area contributed by atoms with Crippen LogP contribution in [0.15, 0.2) is 30.5 Å². The fourth-order valence-corrected chi connectivity index (χ4v) is 5.20. The first-order chi connectivity index (χ1) is 14.5. The molecule has 1 fully saturated rings. The Kier molecular flexibility index (Phi) is 6.81. The molecule has 1 amide bonds. The second kappa shape index (κ2) is 9.04. The van der Waals surface area contributed by atoms with Crippen LogP contribution in [0.2, 0.25) is 0 Å². The van der Waals surface area contributed by atoms with Crippen LogP contribution in [-0.4, -0.2) is 48.6 Å². The van der Waals surface area contributed by atoms with E-state index < -0.39 is 27.0 Å². The number of nitrogens with one attached hydrogen (secondary N) is 1. The van der Waals surface area contributed by atoms with Gasteiger partial charge in [-0.1, -0.05) is 13.8 Å². The molecule has 0 radical (unpaired) electrons. The zero-order chi connectivity index (χ0) is 22.9. The van der Waals surface area contributed by atoms with Crippen LogP contribution in [0.25, 0.3) is 11.1 Å². The molecule has 1 N–H and O–H groups in total. The van der Waals surface area contributed by atoms with Gasteiger partial charge in [-0.3, -0.25) is 19.4 Å². The smallest absolute Gasteiger partial charge is 0.240 e. The van der Waals surface area contributed by atoms with E-state index in [9.17, 15) is 17.6 Å². The highest BCUT2D eigenvalue weighted by molar-refractivity contribution is 7.90. The van der Waals surface area contributed by atoms with Crippen LogP contribution in [0.3, 0.4) is 0 Å². The molecule has 6 nitrogen and oxygen atoms in total. The summed E-state index contributed by atoms with van der Waals surface area (Å²) in [6.45, 7) is 10.5. The Balaban J connectivity index is 1.89. The number of pyridine rings is 1. The highest BCUT2D eigenvalue weighted by atomic mass is 32.2. The van der Waals surface area contributed by atoms with Crippen LogP contribution in [-0.2, 0) is 21.2 Å². The molecule has 1 aliphatic heterocycles. The fourth-order valence-electron chi connectivity index (χ4n) is 3.87. The van der Waals surface area contributed by atoms with Gasteiger partial charge in [-0.25, -0.2) is 12.8 Å².